The third kappa shape index (κ3) is 4.48. The van der Waals surface area contributed by atoms with Crippen molar-refractivity contribution in [3.63, 3.8) is 0 Å². The number of ether oxygens (including phenoxy) is 1. The second-order valence-corrected chi connectivity index (χ2v) is 7.35. The van der Waals surface area contributed by atoms with Crippen molar-refractivity contribution in [2.45, 2.75) is 6.61 Å². The van der Waals surface area contributed by atoms with E-state index in [9.17, 15) is 4.79 Å². The fourth-order valence-corrected chi connectivity index (χ4v) is 3.46. The lowest BCUT2D eigenvalue weighted by molar-refractivity contribution is 0.0950. The molecule has 30 heavy (non-hydrogen) atoms. The molecule has 1 aromatic heterocycles. The minimum Gasteiger partial charge on any atom is -0.488 e. The number of H-pyrrole nitrogens is 1. The number of hydrogen-bond acceptors (Lipinski definition) is 3. The summed E-state index contributed by atoms with van der Waals surface area (Å²) in [4.78, 5) is 15.8. The summed E-state index contributed by atoms with van der Waals surface area (Å²) in [7, 11) is 0. The van der Waals surface area contributed by atoms with E-state index >= 15 is 0 Å². The van der Waals surface area contributed by atoms with Crippen LogP contribution in [0.2, 0.25) is 10.0 Å². The lowest BCUT2D eigenvalue weighted by atomic mass is 10.2. The maximum atomic E-state index is 12.6. The van der Waals surface area contributed by atoms with Crippen LogP contribution in [0.1, 0.15) is 21.5 Å². The largest absolute Gasteiger partial charge is 0.488 e. The molecule has 4 aromatic rings. The van der Waals surface area contributed by atoms with Gasteiger partial charge in [-0.25, -0.2) is 5.43 Å². The second-order valence-electron chi connectivity index (χ2n) is 6.51. The Morgan fingerprint density at radius 2 is 1.87 bits per heavy atom. The van der Waals surface area contributed by atoms with E-state index < -0.39 is 0 Å². The highest BCUT2D eigenvalue weighted by Gasteiger charge is 2.12. The molecular formula is C23H17Cl2N3O2. The molecule has 2 N–H and O–H groups in total. The number of fused-ring (bicyclic) bond motifs is 1. The number of hydrogen-bond donors (Lipinski definition) is 2. The molecule has 0 fully saturated rings. The van der Waals surface area contributed by atoms with Crippen molar-refractivity contribution in [2.75, 3.05) is 0 Å². The maximum Gasteiger partial charge on any atom is 0.275 e. The number of nitrogens with one attached hydrogen (secondary N) is 2. The zero-order valence-electron chi connectivity index (χ0n) is 15.7. The molecule has 3 aromatic carbocycles. The number of carbonyl (C=O) groups excluding carboxylic acids is 1. The summed E-state index contributed by atoms with van der Waals surface area (Å²) in [6, 6.07) is 20.0. The van der Waals surface area contributed by atoms with Gasteiger partial charge in [0.2, 0.25) is 0 Å². The van der Waals surface area contributed by atoms with Crippen LogP contribution in [0, 0.1) is 0 Å². The van der Waals surface area contributed by atoms with Gasteiger partial charge in [-0.05, 0) is 30.3 Å². The molecule has 0 spiro atoms. The highest BCUT2D eigenvalue weighted by atomic mass is 35.5. The molecule has 1 amide bonds. The van der Waals surface area contributed by atoms with Crippen LogP contribution in [0.5, 0.6) is 5.75 Å². The third-order valence-corrected chi connectivity index (χ3v) is 5.11. The molecule has 0 aliphatic carbocycles. The van der Waals surface area contributed by atoms with Gasteiger partial charge in [0.05, 0.1) is 11.8 Å². The standard InChI is InChI=1S/C23H17Cl2N3O2/c24-17-10-9-15(20(25)11-17)14-30-22-8-4-2-6-19(22)23(29)28-27-13-16-12-26-21-7-3-1-5-18(16)21/h1-13,26H,14H2,(H,28,29)/b27-13+. The molecule has 1 heterocycles. The molecular weight excluding hydrogens is 421 g/mol. The van der Waals surface area contributed by atoms with Crippen molar-refractivity contribution in [1.29, 1.82) is 0 Å². The highest BCUT2D eigenvalue weighted by Crippen LogP contribution is 2.24. The fourth-order valence-electron chi connectivity index (χ4n) is 3.00. The number of aromatic nitrogens is 1. The zero-order chi connectivity index (χ0) is 20.9. The minimum absolute atomic E-state index is 0.207. The van der Waals surface area contributed by atoms with Crippen LogP contribution in [0.25, 0.3) is 10.9 Å². The van der Waals surface area contributed by atoms with E-state index in [0.717, 1.165) is 22.0 Å². The fraction of sp³-hybridized carbons (Fsp3) is 0.0435. The monoisotopic (exact) mass is 437 g/mol. The Kier molecular flexibility index (Phi) is 6.02. The van der Waals surface area contributed by atoms with Gasteiger partial charge in [0.25, 0.3) is 5.91 Å². The average Bonchev–Trinajstić information content (AvgIpc) is 3.16. The Morgan fingerprint density at radius 3 is 2.73 bits per heavy atom. The van der Waals surface area contributed by atoms with Crippen LogP contribution in [-0.4, -0.2) is 17.1 Å². The zero-order valence-corrected chi connectivity index (χ0v) is 17.2. The van der Waals surface area contributed by atoms with Crippen molar-refractivity contribution in [3.8, 4) is 5.75 Å². The van der Waals surface area contributed by atoms with Crippen molar-refractivity contribution in [3.05, 3.63) is 99.7 Å². The SMILES string of the molecule is O=C(N/N=C/c1c[nH]c2ccccc12)c1ccccc1OCc1ccc(Cl)cc1Cl. The normalized spacial score (nSPS) is 11.1. The molecule has 7 heteroatoms. The Balaban J connectivity index is 1.45. The first-order chi connectivity index (χ1) is 14.6. The lowest BCUT2D eigenvalue weighted by Crippen LogP contribution is -2.18. The molecule has 0 unspecified atom stereocenters. The van der Waals surface area contributed by atoms with Crippen molar-refractivity contribution < 1.29 is 9.53 Å². The summed E-state index contributed by atoms with van der Waals surface area (Å²) in [6.45, 7) is 0.207. The Bertz CT molecular complexity index is 1230. The summed E-state index contributed by atoms with van der Waals surface area (Å²) >= 11 is 12.1. The first-order valence-electron chi connectivity index (χ1n) is 9.17. The van der Waals surface area contributed by atoms with E-state index in [1.807, 2.05) is 30.5 Å². The van der Waals surface area contributed by atoms with E-state index in [2.05, 4.69) is 15.5 Å². The van der Waals surface area contributed by atoms with Gasteiger partial charge >= 0.3 is 0 Å². The second kappa shape index (κ2) is 9.03. The summed E-state index contributed by atoms with van der Waals surface area (Å²) < 4.78 is 5.83. The minimum atomic E-state index is -0.371. The van der Waals surface area contributed by atoms with Gasteiger partial charge in [0.1, 0.15) is 12.4 Å². The molecule has 0 atom stereocenters. The number of carbonyl (C=O) groups is 1. The number of amides is 1. The molecule has 0 aliphatic heterocycles. The molecule has 150 valence electrons. The van der Waals surface area contributed by atoms with Crippen molar-refractivity contribution in [1.82, 2.24) is 10.4 Å². The number of hydrazone groups is 1. The Morgan fingerprint density at radius 1 is 1.07 bits per heavy atom. The first-order valence-corrected chi connectivity index (χ1v) is 9.92. The lowest BCUT2D eigenvalue weighted by Gasteiger charge is -2.11. The van der Waals surface area contributed by atoms with E-state index in [4.69, 9.17) is 27.9 Å². The smallest absolute Gasteiger partial charge is 0.275 e. The molecule has 4 rings (SSSR count). The van der Waals surface area contributed by atoms with Gasteiger partial charge in [-0.15, -0.1) is 0 Å². The number of aromatic amines is 1. The van der Waals surface area contributed by atoms with E-state index in [1.165, 1.54) is 0 Å². The summed E-state index contributed by atoms with van der Waals surface area (Å²) in [5, 5.41) is 6.17. The van der Waals surface area contributed by atoms with Gasteiger partial charge in [0, 0.05) is 38.3 Å². The molecule has 0 saturated carbocycles. The summed E-state index contributed by atoms with van der Waals surface area (Å²) in [5.41, 5.74) is 5.58. The van der Waals surface area contributed by atoms with Crippen molar-refractivity contribution >= 4 is 46.2 Å². The van der Waals surface area contributed by atoms with Gasteiger partial charge in [-0.2, -0.15) is 5.10 Å². The number of rotatable bonds is 6. The molecule has 0 radical (unpaired) electrons. The van der Waals surface area contributed by atoms with Crippen molar-refractivity contribution in [2.24, 2.45) is 5.10 Å². The predicted octanol–water partition coefficient (Wildman–Crippen LogP) is 5.82. The molecule has 0 aliphatic rings. The quantitative estimate of drug-likeness (QED) is 0.294. The van der Waals surface area contributed by atoms with E-state index in [-0.39, 0.29) is 12.5 Å². The van der Waals surface area contributed by atoms with Crippen LogP contribution >= 0.6 is 23.2 Å². The Labute approximate surface area is 183 Å². The van der Waals surface area contributed by atoms with Crippen LogP contribution in [0.4, 0.5) is 0 Å². The Hall–Kier alpha value is -3.28. The highest BCUT2D eigenvalue weighted by molar-refractivity contribution is 6.35. The predicted molar refractivity (Wildman–Crippen MR) is 121 cm³/mol. The molecule has 0 bridgehead atoms. The summed E-state index contributed by atoms with van der Waals surface area (Å²) in [5.74, 6) is 0.0622. The molecule has 0 saturated heterocycles. The molecule has 5 nitrogen and oxygen atoms in total. The van der Waals surface area contributed by atoms with Gasteiger partial charge in [-0.1, -0.05) is 59.6 Å². The topological polar surface area (TPSA) is 66.5 Å². The van der Waals surface area contributed by atoms with Crippen LogP contribution in [0.15, 0.2) is 78.0 Å². The van der Waals surface area contributed by atoms with E-state index in [1.54, 1.807) is 48.7 Å². The maximum absolute atomic E-state index is 12.6. The van der Waals surface area contributed by atoms with E-state index in [0.29, 0.717) is 21.4 Å². The van der Waals surface area contributed by atoms with Crippen LogP contribution in [0.3, 0.4) is 0 Å². The number of benzene rings is 3. The summed E-state index contributed by atoms with van der Waals surface area (Å²) in [6.07, 6.45) is 3.45. The average molecular weight is 438 g/mol. The van der Waals surface area contributed by atoms with Gasteiger partial charge in [0.15, 0.2) is 0 Å². The van der Waals surface area contributed by atoms with Gasteiger partial charge in [-0.3, -0.25) is 4.79 Å². The van der Waals surface area contributed by atoms with Gasteiger partial charge < -0.3 is 9.72 Å². The third-order valence-electron chi connectivity index (χ3n) is 4.52. The number of halogens is 2. The first kappa shape index (κ1) is 20.0. The number of para-hydroxylation sites is 2. The number of nitrogens with zero attached hydrogens (tertiary/aromatic N) is 1. The van der Waals surface area contributed by atoms with Crippen LogP contribution < -0.4 is 10.2 Å². The van der Waals surface area contributed by atoms with Crippen LogP contribution in [-0.2, 0) is 6.61 Å².